The molecule has 1 saturated heterocycles. The third-order valence-electron chi connectivity index (χ3n) is 4.13. The molecule has 1 heterocycles. The van der Waals surface area contributed by atoms with Gasteiger partial charge < -0.3 is 14.2 Å². The largest absolute Gasteiger partial charge is 0.497 e. The number of ether oxygens (including phenoxy) is 3. The van der Waals surface area contributed by atoms with Gasteiger partial charge in [-0.2, -0.15) is 5.06 Å². The van der Waals surface area contributed by atoms with Crippen molar-refractivity contribution in [3.05, 3.63) is 23.8 Å². The van der Waals surface area contributed by atoms with E-state index in [0.717, 1.165) is 5.56 Å². The molecule has 1 aromatic rings. The first kappa shape index (κ1) is 19.9. The fourth-order valence-corrected chi connectivity index (χ4v) is 4.37. The molecule has 9 heteroatoms. The van der Waals surface area contributed by atoms with E-state index in [4.69, 9.17) is 19.0 Å². The third kappa shape index (κ3) is 4.83. The SMILES string of the molecule is COCCCNS(=O)(=O)C1CON(C)C1c1cc(OC)cc(OC)c1. The van der Waals surface area contributed by atoms with Crippen LogP contribution in [-0.2, 0) is 19.6 Å². The van der Waals surface area contributed by atoms with Gasteiger partial charge in [0, 0.05) is 33.4 Å². The fraction of sp³-hybridized carbons (Fsp3) is 0.625. The molecule has 0 saturated carbocycles. The standard InChI is InChI=1S/C16H26N2O6S/c1-18-16(12-8-13(22-3)10-14(9-12)23-4)15(11-24-18)25(19,20)17-6-5-7-21-2/h8-10,15-17H,5-7,11H2,1-4H3. The summed E-state index contributed by atoms with van der Waals surface area (Å²) in [5, 5.41) is 0.824. The molecule has 1 aromatic carbocycles. The molecule has 8 nitrogen and oxygen atoms in total. The minimum absolute atomic E-state index is 0.0836. The molecule has 2 unspecified atom stereocenters. The molecule has 142 valence electrons. The average molecular weight is 374 g/mol. The average Bonchev–Trinajstić information content (AvgIpc) is 3.00. The van der Waals surface area contributed by atoms with Gasteiger partial charge in [0.25, 0.3) is 0 Å². The van der Waals surface area contributed by atoms with Crippen molar-refractivity contribution in [1.29, 1.82) is 0 Å². The third-order valence-corrected chi connectivity index (χ3v) is 5.93. The van der Waals surface area contributed by atoms with Crippen LogP contribution in [0.15, 0.2) is 18.2 Å². The van der Waals surface area contributed by atoms with E-state index in [0.29, 0.717) is 31.1 Å². The molecule has 25 heavy (non-hydrogen) atoms. The molecule has 1 fully saturated rings. The highest BCUT2D eigenvalue weighted by Gasteiger charge is 2.43. The Labute approximate surface area is 149 Å². The lowest BCUT2D eigenvalue weighted by atomic mass is 10.0. The highest BCUT2D eigenvalue weighted by molar-refractivity contribution is 7.90. The van der Waals surface area contributed by atoms with Gasteiger partial charge in [0.2, 0.25) is 10.0 Å². The monoisotopic (exact) mass is 374 g/mol. The second kappa shape index (κ2) is 8.81. The van der Waals surface area contributed by atoms with Crippen LogP contribution in [0.1, 0.15) is 18.0 Å². The molecule has 0 bridgehead atoms. The van der Waals surface area contributed by atoms with Gasteiger partial charge in [-0.05, 0) is 24.1 Å². The Morgan fingerprint density at radius 2 is 1.84 bits per heavy atom. The Morgan fingerprint density at radius 1 is 1.20 bits per heavy atom. The minimum Gasteiger partial charge on any atom is -0.497 e. The Morgan fingerprint density at radius 3 is 2.40 bits per heavy atom. The van der Waals surface area contributed by atoms with Gasteiger partial charge in [-0.3, -0.25) is 4.84 Å². The number of benzene rings is 1. The smallest absolute Gasteiger partial charge is 0.218 e. The minimum atomic E-state index is -3.56. The summed E-state index contributed by atoms with van der Waals surface area (Å²) in [5.74, 6) is 1.19. The molecular formula is C16H26N2O6S. The van der Waals surface area contributed by atoms with Crippen molar-refractivity contribution in [2.45, 2.75) is 17.7 Å². The summed E-state index contributed by atoms with van der Waals surface area (Å²) in [6.45, 7) is 0.908. The topological polar surface area (TPSA) is 86.3 Å². The molecule has 2 atom stereocenters. The van der Waals surface area contributed by atoms with Crippen LogP contribution in [0.25, 0.3) is 0 Å². The highest BCUT2D eigenvalue weighted by atomic mass is 32.2. The number of sulfonamides is 1. The number of nitrogens with one attached hydrogen (secondary N) is 1. The number of hydrogen-bond donors (Lipinski definition) is 1. The highest BCUT2D eigenvalue weighted by Crippen LogP contribution is 2.36. The van der Waals surface area contributed by atoms with E-state index < -0.39 is 21.3 Å². The molecule has 0 aromatic heterocycles. The van der Waals surface area contributed by atoms with E-state index in [1.54, 1.807) is 51.6 Å². The van der Waals surface area contributed by atoms with Gasteiger partial charge in [0.1, 0.15) is 16.7 Å². The van der Waals surface area contributed by atoms with Gasteiger partial charge in [-0.15, -0.1) is 0 Å². The zero-order valence-corrected chi connectivity index (χ0v) is 15.8. The molecule has 0 aliphatic carbocycles. The van der Waals surface area contributed by atoms with Gasteiger partial charge in [-0.25, -0.2) is 13.1 Å². The van der Waals surface area contributed by atoms with Crippen LogP contribution in [0, 0.1) is 0 Å². The van der Waals surface area contributed by atoms with Crippen LogP contribution in [0.4, 0.5) is 0 Å². The number of hydroxylamine groups is 2. The van der Waals surface area contributed by atoms with Crippen LogP contribution < -0.4 is 14.2 Å². The van der Waals surface area contributed by atoms with Crippen molar-refractivity contribution in [2.24, 2.45) is 0 Å². The molecule has 1 N–H and O–H groups in total. The maximum atomic E-state index is 12.7. The van der Waals surface area contributed by atoms with E-state index in [-0.39, 0.29) is 6.61 Å². The summed E-state index contributed by atoms with van der Waals surface area (Å²) in [4.78, 5) is 5.50. The van der Waals surface area contributed by atoms with Gasteiger partial charge >= 0.3 is 0 Å². The van der Waals surface area contributed by atoms with Crippen molar-refractivity contribution in [3.8, 4) is 11.5 Å². The van der Waals surface area contributed by atoms with Crippen molar-refractivity contribution < 1.29 is 27.5 Å². The summed E-state index contributed by atoms with van der Waals surface area (Å²) in [7, 11) is 2.85. The number of rotatable bonds is 9. The summed E-state index contributed by atoms with van der Waals surface area (Å²) in [5.41, 5.74) is 0.753. The second-order valence-corrected chi connectivity index (χ2v) is 7.74. The molecule has 2 rings (SSSR count). The van der Waals surface area contributed by atoms with E-state index in [1.807, 2.05) is 0 Å². The molecule has 0 radical (unpaired) electrons. The number of methoxy groups -OCH3 is 3. The first-order chi connectivity index (χ1) is 11.9. The lowest BCUT2D eigenvalue weighted by Gasteiger charge is -2.24. The molecular weight excluding hydrogens is 348 g/mol. The summed E-state index contributed by atoms with van der Waals surface area (Å²) >= 11 is 0. The predicted octanol–water partition coefficient (Wildman–Crippen LogP) is 0.946. The maximum Gasteiger partial charge on any atom is 0.218 e. The van der Waals surface area contributed by atoms with E-state index in [1.165, 1.54) is 0 Å². The molecule has 1 aliphatic heterocycles. The zero-order chi connectivity index (χ0) is 18.4. The van der Waals surface area contributed by atoms with Crippen molar-refractivity contribution >= 4 is 10.0 Å². The number of hydrogen-bond acceptors (Lipinski definition) is 7. The van der Waals surface area contributed by atoms with Crippen molar-refractivity contribution in [1.82, 2.24) is 9.79 Å². The van der Waals surface area contributed by atoms with Gasteiger partial charge in [0.05, 0.1) is 26.9 Å². The second-order valence-electron chi connectivity index (χ2n) is 5.76. The first-order valence-electron chi connectivity index (χ1n) is 7.99. The van der Waals surface area contributed by atoms with Crippen LogP contribution in [0.3, 0.4) is 0 Å². The quantitative estimate of drug-likeness (QED) is 0.644. The normalized spacial score (nSPS) is 21.4. The van der Waals surface area contributed by atoms with E-state index in [2.05, 4.69) is 4.72 Å². The Balaban J connectivity index is 2.25. The molecule has 0 spiro atoms. The Bertz CT molecular complexity index is 644. The van der Waals surface area contributed by atoms with Crippen LogP contribution in [0.5, 0.6) is 11.5 Å². The van der Waals surface area contributed by atoms with Crippen LogP contribution in [-0.4, -0.2) is 66.9 Å². The maximum absolute atomic E-state index is 12.7. The van der Waals surface area contributed by atoms with Crippen molar-refractivity contribution in [3.63, 3.8) is 0 Å². The van der Waals surface area contributed by atoms with E-state index in [9.17, 15) is 8.42 Å². The lowest BCUT2D eigenvalue weighted by molar-refractivity contribution is -0.110. The molecule has 0 amide bonds. The van der Waals surface area contributed by atoms with Gasteiger partial charge in [-0.1, -0.05) is 0 Å². The van der Waals surface area contributed by atoms with Crippen molar-refractivity contribution in [2.75, 3.05) is 48.1 Å². The first-order valence-corrected chi connectivity index (χ1v) is 9.53. The summed E-state index contributed by atoms with van der Waals surface area (Å²) < 4.78 is 43.6. The Kier molecular flexibility index (Phi) is 7.03. The van der Waals surface area contributed by atoms with Gasteiger partial charge in [0.15, 0.2) is 0 Å². The summed E-state index contributed by atoms with van der Waals surface area (Å²) in [6, 6.07) is 4.87. The Hall–Kier alpha value is -1.39. The van der Waals surface area contributed by atoms with E-state index >= 15 is 0 Å². The zero-order valence-electron chi connectivity index (χ0n) is 15.0. The van der Waals surface area contributed by atoms with Crippen LogP contribution >= 0.6 is 0 Å². The summed E-state index contributed by atoms with van der Waals surface area (Å²) in [6.07, 6.45) is 0.608. The number of nitrogens with zero attached hydrogens (tertiary/aromatic N) is 1. The predicted molar refractivity (Wildman–Crippen MR) is 93.2 cm³/mol. The van der Waals surface area contributed by atoms with Crippen LogP contribution in [0.2, 0.25) is 0 Å². The lowest BCUT2D eigenvalue weighted by Crippen LogP contribution is -2.39. The molecule has 1 aliphatic rings. The fourth-order valence-electron chi connectivity index (χ4n) is 2.82.